The van der Waals surface area contributed by atoms with Crippen molar-refractivity contribution in [3.8, 4) is 0 Å². The lowest BCUT2D eigenvalue weighted by molar-refractivity contribution is 0.226. The molecule has 0 spiro atoms. The fraction of sp³-hybridized carbons (Fsp3) is 0.0667. The number of aliphatic hydroxyl groups is 1. The molecule has 0 saturated heterocycles. The van der Waals surface area contributed by atoms with Gasteiger partial charge in [-0.05, 0) is 27.8 Å². The highest BCUT2D eigenvalue weighted by molar-refractivity contribution is 7.10. The summed E-state index contributed by atoms with van der Waals surface area (Å²) in [5.74, 6) is 0. The first-order valence-corrected chi connectivity index (χ1v) is 6.43. The number of thiophene rings is 1. The van der Waals surface area contributed by atoms with Crippen molar-refractivity contribution in [1.29, 1.82) is 0 Å². The molecule has 0 saturated carbocycles. The topological polar surface area (TPSA) is 20.2 Å². The summed E-state index contributed by atoms with van der Waals surface area (Å²) in [6, 6.07) is 18.1. The largest absolute Gasteiger partial charge is 0.383 e. The Hall–Kier alpha value is -1.64. The average molecular weight is 240 g/mol. The van der Waals surface area contributed by atoms with Crippen LogP contribution in [0.5, 0.6) is 0 Å². The van der Waals surface area contributed by atoms with E-state index in [9.17, 15) is 5.11 Å². The first-order chi connectivity index (χ1) is 8.36. The molecule has 0 radical (unpaired) electrons. The van der Waals surface area contributed by atoms with Crippen LogP contribution < -0.4 is 0 Å². The molecule has 1 unspecified atom stereocenters. The lowest BCUT2D eigenvalue weighted by atomic mass is 10.00. The summed E-state index contributed by atoms with van der Waals surface area (Å²) in [6.45, 7) is 0. The van der Waals surface area contributed by atoms with Gasteiger partial charge in [-0.15, -0.1) is 11.3 Å². The quantitative estimate of drug-likeness (QED) is 0.718. The fourth-order valence-electron chi connectivity index (χ4n) is 2.09. The highest BCUT2D eigenvalue weighted by Crippen LogP contribution is 2.30. The van der Waals surface area contributed by atoms with Crippen LogP contribution in [-0.2, 0) is 0 Å². The van der Waals surface area contributed by atoms with Crippen LogP contribution in [0, 0.1) is 0 Å². The van der Waals surface area contributed by atoms with E-state index in [2.05, 4.69) is 18.2 Å². The zero-order chi connectivity index (χ0) is 11.7. The lowest BCUT2D eigenvalue weighted by Crippen LogP contribution is -1.97. The number of hydrogen-bond acceptors (Lipinski definition) is 2. The van der Waals surface area contributed by atoms with Gasteiger partial charge in [0.1, 0.15) is 6.10 Å². The highest BCUT2D eigenvalue weighted by Gasteiger charge is 2.13. The van der Waals surface area contributed by atoms with Gasteiger partial charge in [-0.3, -0.25) is 0 Å². The normalized spacial score (nSPS) is 12.8. The van der Waals surface area contributed by atoms with E-state index in [0.717, 1.165) is 15.8 Å². The molecule has 17 heavy (non-hydrogen) atoms. The second-order valence-corrected chi connectivity index (χ2v) is 4.97. The summed E-state index contributed by atoms with van der Waals surface area (Å²) in [5.41, 5.74) is 0.977. The molecule has 1 heterocycles. The fourth-order valence-corrected chi connectivity index (χ4v) is 2.82. The molecule has 1 nitrogen and oxygen atoms in total. The molecule has 3 aromatic rings. The van der Waals surface area contributed by atoms with Gasteiger partial charge in [0.2, 0.25) is 0 Å². The molecule has 3 rings (SSSR count). The Kier molecular flexibility index (Phi) is 2.67. The minimum absolute atomic E-state index is 0.527. The molecule has 0 aliphatic carbocycles. The SMILES string of the molecule is OC(c1cccs1)c1cccc2ccccc12. The van der Waals surface area contributed by atoms with E-state index in [-0.39, 0.29) is 0 Å². The number of rotatable bonds is 2. The number of benzene rings is 2. The Morgan fingerprint density at radius 1 is 0.882 bits per heavy atom. The van der Waals surface area contributed by atoms with Gasteiger partial charge in [-0.1, -0.05) is 48.5 Å². The van der Waals surface area contributed by atoms with Gasteiger partial charge in [0.25, 0.3) is 0 Å². The van der Waals surface area contributed by atoms with Crippen molar-refractivity contribution < 1.29 is 5.11 Å². The lowest BCUT2D eigenvalue weighted by Gasteiger charge is -2.12. The molecule has 0 aliphatic rings. The molecule has 0 fully saturated rings. The Labute approximate surface area is 104 Å². The van der Waals surface area contributed by atoms with Crippen LogP contribution in [0.15, 0.2) is 60.0 Å². The smallest absolute Gasteiger partial charge is 0.114 e. The standard InChI is InChI=1S/C15H12OS/c16-15(14-9-4-10-17-14)13-8-3-6-11-5-1-2-7-12(11)13/h1-10,15-16H. The zero-order valence-corrected chi connectivity index (χ0v) is 10.0. The zero-order valence-electron chi connectivity index (χ0n) is 9.21. The molecule has 1 atom stereocenters. The minimum Gasteiger partial charge on any atom is -0.383 e. The Bertz CT molecular complexity index is 623. The van der Waals surface area contributed by atoms with E-state index >= 15 is 0 Å². The third-order valence-corrected chi connectivity index (χ3v) is 3.86. The molecule has 0 aliphatic heterocycles. The predicted molar refractivity (Wildman–Crippen MR) is 72.3 cm³/mol. The van der Waals surface area contributed by atoms with Crippen molar-refractivity contribution >= 4 is 22.1 Å². The second-order valence-electron chi connectivity index (χ2n) is 3.99. The minimum atomic E-state index is -0.527. The van der Waals surface area contributed by atoms with Crippen molar-refractivity contribution in [3.63, 3.8) is 0 Å². The second kappa shape index (κ2) is 4.32. The van der Waals surface area contributed by atoms with Crippen molar-refractivity contribution in [3.05, 3.63) is 70.4 Å². The average Bonchev–Trinajstić information content (AvgIpc) is 2.91. The summed E-state index contributed by atoms with van der Waals surface area (Å²) in [7, 11) is 0. The first kappa shape index (κ1) is 10.5. The van der Waals surface area contributed by atoms with Crippen LogP contribution in [0.4, 0.5) is 0 Å². The van der Waals surface area contributed by atoms with Crippen molar-refractivity contribution in [1.82, 2.24) is 0 Å². The summed E-state index contributed by atoms with van der Waals surface area (Å²) >= 11 is 1.58. The molecule has 84 valence electrons. The third-order valence-electron chi connectivity index (χ3n) is 2.93. The van der Waals surface area contributed by atoms with Crippen molar-refractivity contribution in [2.75, 3.05) is 0 Å². The van der Waals surface area contributed by atoms with Crippen LogP contribution in [-0.4, -0.2) is 5.11 Å². The van der Waals surface area contributed by atoms with Gasteiger partial charge in [0.15, 0.2) is 0 Å². The van der Waals surface area contributed by atoms with Crippen LogP contribution in [0.1, 0.15) is 16.5 Å². The van der Waals surface area contributed by atoms with E-state index in [0.29, 0.717) is 0 Å². The van der Waals surface area contributed by atoms with Crippen LogP contribution in [0.2, 0.25) is 0 Å². The van der Waals surface area contributed by atoms with E-state index in [1.54, 1.807) is 11.3 Å². The maximum Gasteiger partial charge on any atom is 0.114 e. The molecular formula is C15H12OS. The maximum absolute atomic E-state index is 10.4. The van der Waals surface area contributed by atoms with E-state index < -0.39 is 6.10 Å². The molecule has 0 bridgehead atoms. The Morgan fingerprint density at radius 2 is 1.71 bits per heavy atom. The number of aliphatic hydroxyl groups excluding tert-OH is 1. The predicted octanol–water partition coefficient (Wildman–Crippen LogP) is 3.98. The monoisotopic (exact) mass is 240 g/mol. The number of fused-ring (bicyclic) bond motifs is 1. The molecular weight excluding hydrogens is 228 g/mol. The van der Waals surface area contributed by atoms with Gasteiger partial charge in [-0.2, -0.15) is 0 Å². The van der Waals surface area contributed by atoms with Crippen molar-refractivity contribution in [2.45, 2.75) is 6.10 Å². The molecule has 2 heteroatoms. The van der Waals surface area contributed by atoms with Crippen LogP contribution >= 0.6 is 11.3 Å². The van der Waals surface area contributed by atoms with Crippen LogP contribution in [0.3, 0.4) is 0 Å². The highest BCUT2D eigenvalue weighted by atomic mass is 32.1. The van der Waals surface area contributed by atoms with Gasteiger partial charge in [0.05, 0.1) is 0 Å². The molecule has 1 N–H and O–H groups in total. The maximum atomic E-state index is 10.4. The van der Waals surface area contributed by atoms with E-state index in [4.69, 9.17) is 0 Å². The van der Waals surface area contributed by atoms with Crippen molar-refractivity contribution in [2.24, 2.45) is 0 Å². The molecule has 0 amide bonds. The summed E-state index contributed by atoms with van der Waals surface area (Å²) < 4.78 is 0. The van der Waals surface area contributed by atoms with E-state index in [1.165, 1.54) is 5.39 Å². The number of hydrogen-bond donors (Lipinski definition) is 1. The van der Waals surface area contributed by atoms with Gasteiger partial charge < -0.3 is 5.11 Å². The van der Waals surface area contributed by atoms with Gasteiger partial charge in [-0.25, -0.2) is 0 Å². The third kappa shape index (κ3) is 1.86. The van der Waals surface area contributed by atoms with E-state index in [1.807, 2.05) is 41.8 Å². The Balaban J connectivity index is 2.17. The van der Waals surface area contributed by atoms with Gasteiger partial charge >= 0.3 is 0 Å². The Morgan fingerprint density at radius 3 is 2.53 bits per heavy atom. The summed E-state index contributed by atoms with van der Waals surface area (Å²) in [5, 5.41) is 14.7. The van der Waals surface area contributed by atoms with Crippen LogP contribution in [0.25, 0.3) is 10.8 Å². The molecule has 2 aromatic carbocycles. The van der Waals surface area contributed by atoms with Gasteiger partial charge in [0, 0.05) is 4.88 Å². The summed E-state index contributed by atoms with van der Waals surface area (Å²) in [4.78, 5) is 0.987. The molecule has 1 aromatic heterocycles. The first-order valence-electron chi connectivity index (χ1n) is 5.55. The summed E-state index contributed by atoms with van der Waals surface area (Å²) in [6.07, 6.45) is -0.527.